The Morgan fingerprint density at radius 1 is 1.17 bits per heavy atom. The van der Waals surface area contributed by atoms with Gasteiger partial charge in [-0.1, -0.05) is 19.3 Å². The number of aliphatic hydroxyl groups excluding tert-OH is 2. The number of rotatable bonds is 8. The van der Waals surface area contributed by atoms with Gasteiger partial charge in [0.15, 0.2) is 5.76 Å². The molecule has 0 aromatic heterocycles. The average Bonchev–Trinajstić information content (AvgIpc) is 3.01. The summed E-state index contributed by atoms with van der Waals surface area (Å²) in [6, 6.07) is 5.23. The minimum atomic E-state index is -0.610. The smallest absolute Gasteiger partial charge is 0.422 e. The molecular formula is C21H28N2O6. The van der Waals surface area contributed by atoms with E-state index in [0.717, 1.165) is 37.8 Å². The summed E-state index contributed by atoms with van der Waals surface area (Å²) in [5.74, 6) is 0.0836. The number of hydrogen-bond acceptors (Lipinski definition) is 7. The molecule has 2 aliphatic rings. The molecule has 2 amide bonds. The van der Waals surface area contributed by atoms with Crippen molar-refractivity contribution in [2.24, 2.45) is 0 Å². The van der Waals surface area contributed by atoms with Crippen molar-refractivity contribution in [3.8, 4) is 5.75 Å². The Morgan fingerprint density at radius 2 is 1.86 bits per heavy atom. The van der Waals surface area contributed by atoms with E-state index >= 15 is 0 Å². The molecule has 1 aromatic carbocycles. The van der Waals surface area contributed by atoms with Crippen LogP contribution < -0.4 is 9.64 Å². The van der Waals surface area contributed by atoms with E-state index < -0.39 is 12.0 Å². The van der Waals surface area contributed by atoms with Crippen molar-refractivity contribution in [3.63, 3.8) is 0 Å². The van der Waals surface area contributed by atoms with Crippen molar-refractivity contribution >= 4 is 23.8 Å². The van der Waals surface area contributed by atoms with Crippen LogP contribution in [0.3, 0.4) is 0 Å². The molecule has 0 unspecified atom stereocenters. The van der Waals surface area contributed by atoms with E-state index in [-0.39, 0.29) is 25.0 Å². The largest absolute Gasteiger partial charge is 0.496 e. The lowest BCUT2D eigenvalue weighted by Crippen LogP contribution is -2.40. The maximum atomic E-state index is 12.8. The van der Waals surface area contributed by atoms with Gasteiger partial charge in [0.1, 0.15) is 5.75 Å². The zero-order valence-corrected chi connectivity index (χ0v) is 16.7. The number of benzene rings is 1. The van der Waals surface area contributed by atoms with Crippen LogP contribution in [0.2, 0.25) is 0 Å². The van der Waals surface area contributed by atoms with Gasteiger partial charge in [-0.05, 0) is 31.1 Å². The Balaban J connectivity index is 1.83. The van der Waals surface area contributed by atoms with E-state index in [1.165, 1.54) is 18.1 Å². The van der Waals surface area contributed by atoms with Crippen LogP contribution in [-0.2, 0) is 9.53 Å². The van der Waals surface area contributed by atoms with Crippen molar-refractivity contribution in [1.82, 2.24) is 4.90 Å². The molecule has 0 atom stereocenters. The van der Waals surface area contributed by atoms with Gasteiger partial charge in [-0.3, -0.25) is 4.79 Å². The van der Waals surface area contributed by atoms with Gasteiger partial charge in [-0.15, -0.1) is 0 Å². The molecule has 3 rings (SSSR count). The monoisotopic (exact) mass is 404 g/mol. The van der Waals surface area contributed by atoms with Crippen LogP contribution >= 0.6 is 0 Å². The summed E-state index contributed by atoms with van der Waals surface area (Å²) in [6.45, 7) is 0.651. The third-order valence-electron chi connectivity index (χ3n) is 5.37. The number of ether oxygens (including phenoxy) is 2. The number of aliphatic hydroxyl groups is 2. The molecule has 1 saturated carbocycles. The molecule has 1 aliphatic heterocycles. The first kappa shape index (κ1) is 21.1. The second kappa shape index (κ2) is 9.76. The molecule has 0 radical (unpaired) electrons. The fourth-order valence-electron chi connectivity index (χ4n) is 3.90. The third-order valence-corrected chi connectivity index (χ3v) is 5.37. The van der Waals surface area contributed by atoms with Gasteiger partial charge in [-0.25, -0.2) is 9.69 Å². The molecule has 1 heterocycles. The highest BCUT2D eigenvalue weighted by Gasteiger charge is 2.41. The fraction of sp³-hybridized carbons (Fsp3) is 0.524. The first-order chi connectivity index (χ1) is 14.1. The third kappa shape index (κ3) is 4.71. The average molecular weight is 404 g/mol. The van der Waals surface area contributed by atoms with Gasteiger partial charge < -0.3 is 24.6 Å². The Kier molecular flexibility index (Phi) is 7.11. The van der Waals surface area contributed by atoms with Gasteiger partial charge in [-0.2, -0.15) is 0 Å². The quantitative estimate of drug-likeness (QED) is 0.641. The van der Waals surface area contributed by atoms with Gasteiger partial charge in [0, 0.05) is 36.4 Å². The summed E-state index contributed by atoms with van der Waals surface area (Å²) < 4.78 is 10.7. The summed E-state index contributed by atoms with van der Waals surface area (Å²) in [4.78, 5) is 28.1. The van der Waals surface area contributed by atoms with Crippen molar-refractivity contribution in [1.29, 1.82) is 0 Å². The summed E-state index contributed by atoms with van der Waals surface area (Å²) in [7, 11) is 1.51. The molecule has 0 bridgehead atoms. The van der Waals surface area contributed by atoms with Crippen LogP contribution in [0.5, 0.6) is 5.75 Å². The van der Waals surface area contributed by atoms with Gasteiger partial charge in [0.2, 0.25) is 0 Å². The molecule has 1 aromatic rings. The summed E-state index contributed by atoms with van der Waals surface area (Å²) in [6.07, 6.45) is 5.69. The van der Waals surface area contributed by atoms with E-state index in [4.69, 9.17) is 9.47 Å². The van der Waals surface area contributed by atoms with Crippen LogP contribution in [0.4, 0.5) is 10.5 Å². The number of hydrogen-bond donors (Lipinski definition) is 2. The van der Waals surface area contributed by atoms with Crippen molar-refractivity contribution in [2.45, 2.75) is 38.1 Å². The van der Waals surface area contributed by atoms with Crippen LogP contribution in [0, 0.1) is 0 Å². The number of carbonyl (C=O) groups is 2. The SMILES string of the molecule is COc1cc(N(CCO)CCO)ccc1C=C1OC(=O)N(C2CCCCC2)C1=O. The van der Waals surface area contributed by atoms with Crippen molar-refractivity contribution in [3.05, 3.63) is 29.5 Å². The molecule has 158 valence electrons. The maximum absolute atomic E-state index is 12.8. The first-order valence-corrected chi connectivity index (χ1v) is 10.0. The lowest BCUT2D eigenvalue weighted by atomic mass is 9.94. The van der Waals surface area contributed by atoms with Crippen LogP contribution in [0.1, 0.15) is 37.7 Å². The molecule has 1 aliphatic carbocycles. The molecule has 2 N–H and O–H groups in total. The van der Waals surface area contributed by atoms with E-state index in [1.807, 2.05) is 4.90 Å². The normalized spacial score (nSPS) is 19.0. The number of nitrogens with zero attached hydrogens (tertiary/aromatic N) is 2. The lowest BCUT2D eigenvalue weighted by molar-refractivity contribution is -0.125. The number of amides is 2. The zero-order valence-electron chi connectivity index (χ0n) is 16.7. The highest BCUT2D eigenvalue weighted by atomic mass is 16.6. The lowest BCUT2D eigenvalue weighted by Gasteiger charge is -2.27. The molecule has 8 nitrogen and oxygen atoms in total. The van der Waals surface area contributed by atoms with Crippen LogP contribution in [0.25, 0.3) is 6.08 Å². The predicted octanol–water partition coefficient (Wildman–Crippen LogP) is 2.14. The van der Waals surface area contributed by atoms with Crippen LogP contribution in [-0.4, -0.2) is 66.6 Å². The maximum Gasteiger partial charge on any atom is 0.422 e. The number of anilines is 1. The molecule has 0 spiro atoms. The molecular weight excluding hydrogens is 376 g/mol. The van der Waals surface area contributed by atoms with E-state index in [2.05, 4.69) is 0 Å². The standard InChI is InChI=1S/C21H28N2O6/c1-28-18-14-17(22(9-11-24)10-12-25)8-7-15(18)13-19-20(26)23(21(27)29-19)16-5-3-2-4-6-16/h7-8,13-14,16,24-25H,2-6,9-12H2,1H3. The minimum Gasteiger partial charge on any atom is -0.496 e. The molecule has 2 fully saturated rings. The number of methoxy groups -OCH3 is 1. The number of carbonyl (C=O) groups excluding carboxylic acids is 2. The van der Waals surface area contributed by atoms with Crippen LogP contribution in [0.15, 0.2) is 24.0 Å². The Bertz CT molecular complexity index is 766. The molecule has 8 heteroatoms. The fourth-order valence-corrected chi connectivity index (χ4v) is 3.90. The van der Waals surface area contributed by atoms with Gasteiger partial charge in [0.25, 0.3) is 5.91 Å². The highest BCUT2D eigenvalue weighted by Crippen LogP contribution is 2.32. The predicted molar refractivity (Wildman–Crippen MR) is 108 cm³/mol. The Labute approximate surface area is 170 Å². The van der Waals surface area contributed by atoms with Crippen molar-refractivity contribution in [2.75, 3.05) is 38.3 Å². The van der Waals surface area contributed by atoms with E-state index in [0.29, 0.717) is 24.4 Å². The van der Waals surface area contributed by atoms with Gasteiger partial charge >= 0.3 is 6.09 Å². The Morgan fingerprint density at radius 3 is 2.48 bits per heavy atom. The second-order valence-corrected chi connectivity index (χ2v) is 7.20. The highest BCUT2D eigenvalue weighted by molar-refractivity contribution is 6.10. The first-order valence-electron chi connectivity index (χ1n) is 10.0. The number of cyclic esters (lactones) is 1. The zero-order chi connectivity index (χ0) is 20.8. The summed E-state index contributed by atoms with van der Waals surface area (Å²) in [5.41, 5.74) is 1.37. The van der Waals surface area contributed by atoms with E-state index in [1.54, 1.807) is 18.2 Å². The summed E-state index contributed by atoms with van der Waals surface area (Å²) in [5, 5.41) is 18.5. The second-order valence-electron chi connectivity index (χ2n) is 7.20. The summed E-state index contributed by atoms with van der Waals surface area (Å²) >= 11 is 0. The molecule has 1 saturated heterocycles. The van der Waals surface area contributed by atoms with Crippen molar-refractivity contribution < 1.29 is 29.3 Å². The Hall–Kier alpha value is -2.58. The van der Waals surface area contributed by atoms with E-state index in [9.17, 15) is 19.8 Å². The number of imide groups is 1. The topological polar surface area (TPSA) is 99.5 Å². The van der Waals surface area contributed by atoms with Gasteiger partial charge in [0.05, 0.1) is 20.3 Å². The molecule has 29 heavy (non-hydrogen) atoms. The minimum absolute atomic E-state index is 0.00537.